The minimum atomic E-state index is -0.239. The summed E-state index contributed by atoms with van der Waals surface area (Å²) in [7, 11) is 0. The number of rotatable bonds is 19. The number of amides is 2. The highest BCUT2D eigenvalue weighted by Gasteiger charge is 2.27. The second-order valence-corrected chi connectivity index (χ2v) is 14.0. The highest BCUT2D eigenvalue weighted by atomic mass is 16.3. The standard InChI is InChI=1S/C48H48N2O6/c1-33-43(39(31-41(51)35-21-11-7-12-22-35)45(55-33)37-25-15-9-16-26-37)47(53)49-29-19-5-3-4-6-20-30-50-48(54)44-34(2)56-46(38-27-17-10-18-28-38)40(44)32-42(52)36-23-13-8-14-24-36/h7-18,21-28H,3-6,19-20,29-32H2,1-2H3,(H,49,53)(H,50,54). The molecule has 2 N–H and O–H groups in total. The van der Waals surface area contributed by atoms with Crippen molar-refractivity contribution < 1.29 is 28.0 Å². The maximum absolute atomic E-state index is 13.5. The third-order valence-corrected chi connectivity index (χ3v) is 9.93. The molecule has 0 saturated heterocycles. The molecule has 4 aromatic carbocycles. The van der Waals surface area contributed by atoms with Crippen molar-refractivity contribution in [3.05, 3.63) is 166 Å². The highest BCUT2D eigenvalue weighted by Crippen LogP contribution is 2.34. The van der Waals surface area contributed by atoms with Gasteiger partial charge in [-0.1, -0.05) is 147 Å². The summed E-state index contributed by atoms with van der Waals surface area (Å²) in [6.07, 6.45) is 5.63. The van der Waals surface area contributed by atoms with Crippen LogP contribution >= 0.6 is 0 Å². The van der Waals surface area contributed by atoms with Crippen LogP contribution in [0.5, 0.6) is 0 Å². The van der Waals surface area contributed by atoms with Crippen LogP contribution in [0.25, 0.3) is 22.6 Å². The van der Waals surface area contributed by atoms with E-state index in [9.17, 15) is 19.2 Å². The molecule has 0 fully saturated rings. The molecular formula is C48H48N2O6. The van der Waals surface area contributed by atoms with Crippen molar-refractivity contribution in [3.8, 4) is 22.6 Å². The average molecular weight is 749 g/mol. The average Bonchev–Trinajstić information content (AvgIpc) is 3.74. The third-order valence-electron chi connectivity index (χ3n) is 9.93. The summed E-state index contributed by atoms with van der Waals surface area (Å²) >= 11 is 0. The zero-order valence-electron chi connectivity index (χ0n) is 32.1. The predicted octanol–water partition coefficient (Wildman–Crippen LogP) is 10.2. The summed E-state index contributed by atoms with van der Waals surface area (Å²) in [4.78, 5) is 53.5. The molecule has 0 aliphatic carbocycles. The number of carbonyl (C=O) groups excluding carboxylic acids is 4. The van der Waals surface area contributed by atoms with E-state index in [1.165, 1.54) is 0 Å². The smallest absolute Gasteiger partial charge is 0.255 e. The van der Waals surface area contributed by atoms with E-state index < -0.39 is 0 Å². The van der Waals surface area contributed by atoms with Crippen molar-refractivity contribution in [1.82, 2.24) is 10.6 Å². The van der Waals surface area contributed by atoms with Gasteiger partial charge in [0, 0.05) is 59.3 Å². The number of hydrogen-bond donors (Lipinski definition) is 2. The number of furan rings is 2. The molecule has 2 amide bonds. The number of benzene rings is 4. The molecule has 2 aromatic heterocycles. The highest BCUT2D eigenvalue weighted by molar-refractivity contribution is 6.04. The van der Waals surface area contributed by atoms with Gasteiger partial charge < -0.3 is 19.5 Å². The largest absolute Gasteiger partial charge is 0.460 e. The lowest BCUT2D eigenvalue weighted by molar-refractivity contribution is 0.0939. The molecule has 0 spiro atoms. The summed E-state index contributed by atoms with van der Waals surface area (Å²) < 4.78 is 12.3. The molecule has 6 rings (SSSR count). The number of unbranched alkanes of at least 4 members (excludes halogenated alkanes) is 5. The van der Waals surface area contributed by atoms with Crippen LogP contribution in [0.15, 0.2) is 130 Å². The lowest BCUT2D eigenvalue weighted by Gasteiger charge is -2.09. The fourth-order valence-electron chi connectivity index (χ4n) is 7.07. The molecule has 8 heteroatoms. The second kappa shape index (κ2) is 19.4. The van der Waals surface area contributed by atoms with E-state index in [0.717, 1.165) is 49.7 Å². The lowest BCUT2D eigenvalue weighted by atomic mass is 9.96. The molecular weight excluding hydrogens is 701 g/mol. The summed E-state index contributed by atoms with van der Waals surface area (Å²) in [6.45, 7) is 4.56. The van der Waals surface area contributed by atoms with Crippen molar-refractivity contribution in [2.75, 3.05) is 13.1 Å². The zero-order chi connectivity index (χ0) is 39.3. The Bertz CT molecular complexity index is 2080. The molecule has 0 unspecified atom stereocenters. The number of hydrogen-bond acceptors (Lipinski definition) is 6. The molecule has 0 aliphatic rings. The van der Waals surface area contributed by atoms with Crippen LogP contribution in [0, 0.1) is 13.8 Å². The van der Waals surface area contributed by atoms with Crippen LogP contribution in [-0.2, 0) is 12.8 Å². The number of nitrogens with one attached hydrogen (secondary N) is 2. The van der Waals surface area contributed by atoms with Crippen molar-refractivity contribution in [2.45, 2.75) is 65.2 Å². The van der Waals surface area contributed by atoms with E-state index in [1.54, 1.807) is 38.1 Å². The summed E-state index contributed by atoms with van der Waals surface area (Å²) in [5.41, 5.74) is 4.86. The maximum Gasteiger partial charge on any atom is 0.255 e. The Hall–Kier alpha value is -6.28. The molecule has 0 radical (unpaired) electrons. The van der Waals surface area contributed by atoms with Crippen LogP contribution in [0.4, 0.5) is 0 Å². The van der Waals surface area contributed by atoms with Gasteiger partial charge in [-0.15, -0.1) is 0 Å². The monoisotopic (exact) mass is 748 g/mol. The van der Waals surface area contributed by atoms with Gasteiger partial charge in [0.15, 0.2) is 11.6 Å². The first-order valence-corrected chi connectivity index (χ1v) is 19.4. The van der Waals surface area contributed by atoms with Gasteiger partial charge in [-0.05, 0) is 26.7 Å². The van der Waals surface area contributed by atoms with E-state index in [0.29, 0.717) is 69.5 Å². The predicted molar refractivity (Wildman–Crippen MR) is 219 cm³/mol. The third kappa shape index (κ3) is 9.87. The van der Waals surface area contributed by atoms with Gasteiger partial charge in [0.1, 0.15) is 23.0 Å². The van der Waals surface area contributed by atoms with Crippen LogP contribution < -0.4 is 10.6 Å². The number of carbonyl (C=O) groups is 4. The van der Waals surface area contributed by atoms with E-state index >= 15 is 0 Å². The molecule has 56 heavy (non-hydrogen) atoms. The van der Waals surface area contributed by atoms with Crippen molar-refractivity contribution in [3.63, 3.8) is 0 Å². The number of Topliss-reactive ketones (excluding diaryl/α,β-unsaturated/α-hetero) is 2. The number of ketones is 2. The lowest BCUT2D eigenvalue weighted by Crippen LogP contribution is -2.26. The van der Waals surface area contributed by atoms with E-state index in [2.05, 4.69) is 10.6 Å². The van der Waals surface area contributed by atoms with E-state index in [4.69, 9.17) is 8.83 Å². The molecule has 0 aliphatic heterocycles. The topological polar surface area (TPSA) is 119 Å². The van der Waals surface area contributed by atoms with Crippen molar-refractivity contribution >= 4 is 23.4 Å². The summed E-state index contributed by atoms with van der Waals surface area (Å²) in [6, 6.07) is 37.3. The summed E-state index contributed by atoms with van der Waals surface area (Å²) in [5, 5.41) is 6.11. The van der Waals surface area contributed by atoms with Gasteiger partial charge in [0.2, 0.25) is 0 Å². The molecule has 0 bridgehead atoms. The Labute approximate surface area is 328 Å². The normalized spacial score (nSPS) is 11.0. The fraction of sp³-hybridized carbons (Fsp3) is 0.250. The first kappa shape index (κ1) is 39.4. The van der Waals surface area contributed by atoms with Gasteiger partial charge in [-0.2, -0.15) is 0 Å². The Balaban J connectivity index is 0.965. The minimum Gasteiger partial charge on any atom is -0.460 e. The second-order valence-electron chi connectivity index (χ2n) is 14.0. The molecule has 6 aromatic rings. The first-order chi connectivity index (χ1) is 27.3. The Morgan fingerprint density at radius 1 is 0.446 bits per heavy atom. The summed E-state index contributed by atoms with van der Waals surface area (Å²) in [5.74, 6) is 1.43. The van der Waals surface area contributed by atoms with E-state index in [-0.39, 0.29) is 36.2 Å². The minimum absolute atomic E-state index is 0.0558. The molecule has 0 saturated carbocycles. The van der Waals surface area contributed by atoms with Crippen LogP contribution in [0.2, 0.25) is 0 Å². The Morgan fingerprint density at radius 3 is 1.12 bits per heavy atom. The molecule has 8 nitrogen and oxygen atoms in total. The van der Waals surface area contributed by atoms with E-state index in [1.807, 2.05) is 97.1 Å². The fourth-order valence-corrected chi connectivity index (χ4v) is 7.07. The number of aryl methyl sites for hydroxylation is 2. The molecule has 286 valence electrons. The first-order valence-electron chi connectivity index (χ1n) is 19.4. The SMILES string of the molecule is Cc1oc(-c2ccccc2)c(CC(=O)c2ccccc2)c1C(=O)NCCCCCCCCNC(=O)c1c(C)oc(-c2ccccc2)c1CC(=O)c1ccccc1. The van der Waals surface area contributed by atoms with Gasteiger partial charge in [0.25, 0.3) is 11.8 Å². The molecule has 0 atom stereocenters. The quantitative estimate of drug-likeness (QED) is 0.0629. The van der Waals surface area contributed by atoms with Crippen LogP contribution in [0.1, 0.15) is 103 Å². The van der Waals surface area contributed by atoms with Gasteiger partial charge in [-0.3, -0.25) is 19.2 Å². The van der Waals surface area contributed by atoms with Gasteiger partial charge >= 0.3 is 0 Å². The Kier molecular flexibility index (Phi) is 13.6. The molecule has 2 heterocycles. The Morgan fingerprint density at radius 2 is 0.768 bits per heavy atom. The van der Waals surface area contributed by atoms with Gasteiger partial charge in [0.05, 0.1) is 11.1 Å². The maximum atomic E-state index is 13.5. The van der Waals surface area contributed by atoms with Crippen LogP contribution in [-0.4, -0.2) is 36.5 Å². The van der Waals surface area contributed by atoms with Gasteiger partial charge in [-0.25, -0.2) is 0 Å². The zero-order valence-corrected chi connectivity index (χ0v) is 32.1. The van der Waals surface area contributed by atoms with Crippen molar-refractivity contribution in [2.24, 2.45) is 0 Å². The van der Waals surface area contributed by atoms with Crippen molar-refractivity contribution in [1.29, 1.82) is 0 Å². The van der Waals surface area contributed by atoms with Crippen LogP contribution in [0.3, 0.4) is 0 Å².